The molecule has 4 heteroatoms. The molecule has 0 unspecified atom stereocenters. The zero-order chi connectivity index (χ0) is 11.3. The number of aliphatic carboxylic acids is 1. The van der Waals surface area contributed by atoms with Crippen LogP contribution in [0, 0.1) is 17.7 Å². The normalized spacial score (nSPS) is 8.93. The van der Waals surface area contributed by atoms with E-state index in [1.165, 1.54) is 25.3 Å². The first kappa shape index (κ1) is 11.1. The highest BCUT2D eigenvalue weighted by Crippen LogP contribution is 2.15. The molecule has 0 aliphatic carbocycles. The van der Waals surface area contributed by atoms with E-state index in [0.29, 0.717) is 5.75 Å². The Labute approximate surface area is 86.5 Å². The predicted molar refractivity (Wildman–Crippen MR) is 52.1 cm³/mol. The fourth-order valence-electron chi connectivity index (χ4n) is 0.942. The summed E-state index contributed by atoms with van der Waals surface area (Å²) in [4.78, 5) is 10.2. The second kappa shape index (κ2) is 5.01. The van der Waals surface area contributed by atoms with E-state index in [2.05, 4.69) is 11.8 Å². The lowest BCUT2D eigenvalue weighted by Crippen LogP contribution is -1.91. The lowest BCUT2D eigenvalue weighted by molar-refractivity contribution is -0.135. The molecule has 1 aromatic rings. The molecule has 0 bridgehead atoms. The van der Waals surface area contributed by atoms with Crippen LogP contribution in [-0.2, 0) is 4.79 Å². The Morgan fingerprint density at radius 3 is 2.93 bits per heavy atom. The highest BCUT2D eigenvalue weighted by atomic mass is 19.1. The van der Waals surface area contributed by atoms with Gasteiger partial charge in [-0.05, 0) is 18.2 Å². The number of rotatable bonds is 2. The predicted octanol–water partition coefficient (Wildman–Crippen LogP) is 1.66. The van der Waals surface area contributed by atoms with Gasteiger partial charge in [-0.25, -0.2) is 4.39 Å². The number of benzene rings is 1. The first-order valence-electron chi connectivity index (χ1n) is 4.17. The van der Waals surface area contributed by atoms with E-state index in [9.17, 15) is 9.18 Å². The van der Waals surface area contributed by atoms with Gasteiger partial charge in [-0.1, -0.05) is 11.8 Å². The summed E-state index contributed by atoms with van der Waals surface area (Å²) in [5, 5.41) is 8.34. The van der Waals surface area contributed by atoms with Gasteiger partial charge in [-0.15, -0.1) is 0 Å². The summed E-state index contributed by atoms with van der Waals surface area (Å²) < 4.78 is 18.0. The number of ether oxygens (including phenoxy) is 1. The molecule has 0 spiro atoms. The number of halogens is 1. The summed E-state index contributed by atoms with van der Waals surface area (Å²) in [6.45, 7) is 0. The van der Waals surface area contributed by atoms with Gasteiger partial charge in [0.15, 0.2) is 0 Å². The molecule has 1 aromatic carbocycles. The summed E-state index contributed by atoms with van der Waals surface area (Å²) in [7, 11) is 1.46. The minimum absolute atomic E-state index is 0.135. The molecule has 3 nitrogen and oxygen atoms in total. The van der Waals surface area contributed by atoms with Gasteiger partial charge in [-0.2, -0.15) is 0 Å². The molecule has 15 heavy (non-hydrogen) atoms. The molecule has 0 saturated carbocycles. The number of hydrogen-bond donors (Lipinski definition) is 1. The first-order valence-corrected chi connectivity index (χ1v) is 4.17. The maximum absolute atomic E-state index is 13.1. The van der Waals surface area contributed by atoms with E-state index in [0.717, 1.165) is 0 Å². The van der Waals surface area contributed by atoms with Crippen molar-refractivity contribution in [2.24, 2.45) is 0 Å². The lowest BCUT2D eigenvalue weighted by Gasteiger charge is -2.00. The van der Waals surface area contributed by atoms with Crippen LogP contribution in [-0.4, -0.2) is 18.2 Å². The van der Waals surface area contributed by atoms with Crippen molar-refractivity contribution in [1.29, 1.82) is 0 Å². The van der Waals surface area contributed by atoms with Crippen molar-refractivity contribution in [1.82, 2.24) is 0 Å². The van der Waals surface area contributed by atoms with Crippen molar-refractivity contribution in [2.75, 3.05) is 7.11 Å². The van der Waals surface area contributed by atoms with Gasteiger partial charge in [0.05, 0.1) is 12.7 Å². The number of carbonyl (C=O) groups is 1. The molecular formula is C11H9FO3. The van der Waals surface area contributed by atoms with Crippen LogP contribution in [0.2, 0.25) is 0 Å². The van der Waals surface area contributed by atoms with Gasteiger partial charge in [0, 0.05) is 0 Å². The Hall–Kier alpha value is -2.02. The second-order valence-electron chi connectivity index (χ2n) is 2.72. The second-order valence-corrected chi connectivity index (χ2v) is 2.72. The van der Waals surface area contributed by atoms with Crippen LogP contribution >= 0.6 is 0 Å². The molecule has 78 valence electrons. The summed E-state index contributed by atoms with van der Waals surface area (Å²) in [6, 6.07) is 4.12. The zero-order valence-electron chi connectivity index (χ0n) is 8.08. The summed E-state index contributed by atoms with van der Waals surface area (Å²) in [5.41, 5.74) is 0.135. The first-order chi connectivity index (χ1) is 7.13. The number of hydrogen-bond acceptors (Lipinski definition) is 2. The van der Waals surface area contributed by atoms with Gasteiger partial charge in [-0.3, -0.25) is 4.79 Å². The molecule has 0 radical (unpaired) electrons. The summed E-state index contributed by atoms with van der Waals surface area (Å²) in [6.07, 6.45) is -0.309. The standard InChI is InChI=1S/C11H9FO3/c1-15-9-5-6-10(12)8(7-9)3-2-4-11(13)14/h5-7H,4H2,1H3,(H,13,14). The highest BCUT2D eigenvalue weighted by molar-refractivity contribution is 5.70. The monoisotopic (exact) mass is 208 g/mol. The molecule has 0 atom stereocenters. The van der Waals surface area contributed by atoms with Gasteiger partial charge in [0.1, 0.15) is 18.0 Å². The Kier molecular flexibility index (Phi) is 3.69. The van der Waals surface area contributed by atoms with E-state index in [4.69, 9.17) is 9.84 Å². The molecule has 0 saturated heterocycles. The maximum Gasteiger partial charge on any atom is 0.315 e. The fourth-order valence-corrected chi connectivity index (χ4v) is 0.942. The van der Waals surface area contributed by atoms with Gasteiger partial charge < -0.3 is 9.84 Å². The van der Waals surface area contributed by atoms with Crippen LogP contribution in [0.3, 0.4) is 0 Å². The molecule has 0 heterocycles. The van der Waals surface area contributed by atoms with E-state index >= 15 is 0 Å². The Balaban J connectivity index is 2.91. The van der Waals surface area contributed by atoms with Crippen molar-refractivity contribution in [3.63, 3.8) is 0 Å². The minimum Gasteiger partial charge on any atom is -0.497 e. The molecule has 0 aromatic heterocycles. The van der Waals surface area contributed by atoms with Gasteiger partial charge >= 0.3 is 5.97 Å². The van der Waals surface area contributed by atoms with Gasteiger partial charge in [0.2, 0.25) is 0 Å². The smallest absolute Gasteiger partial charge is 0.315 e. The highest BCUT2D eigenvalue weighted by Gasteiger charge is 2.00. The van der Waals surface area contributed by atoms with Crippen LogP contribution in [0.5, 0.6) is 5.75 Å². The summed E-state index contributed by atoms with van der Waals surface area (Å²) in [5.74, 6) is 3.74. The number of methoxy groups -OCH3 is 1. The van der Waals surface area contributed by atoms with Crippen LogP contribution in [0.15, 0.2) is 18.2 Å². The Morgan fingerprint density at radius 1 is 1.60 bits per heavy atom. The molecule has 0 amide bonds. The van der Waals surface area contributed by atoms with Crippen molar-refractivity contribution < 1.29 is 19.0 Å². The molecule has 0 fully saturated rings. The van der Waals surface area contributed by atoms with E-state index in [1.54, 1.807) is 0 Å². The van der Waals surface area contributed by atoms with Crippen molar-refractivity contribution in [2.45, 2.75) is 6.42 Å². The molecule has 1 rings (SSSR count). The van der Waals surface area contributed by atoms with Crippen molar-refractivity contribution >= 4 is 5.97 Å². The Morgan fingerprint density at radius 2 is 2.33 bits per heavy atom. The van der Waals surface area contributed by atoms with Crippen molar-refractivity contribution in [3.05, 3.63) is 29.6 Å². The third kappa shape index (κ3) is 3.31. The zero-order valence-corrected chi connectivity index (χ0v) is 8.08. The van der Waals surface area contributed by atoms with Crippen LogP contribution < -0.4 is 4.74 Å². The third-order valence-electron chi connectivity index (χ3n) is 1.64. The maximum atomic E-state index is 13.1. The molecule has 0 aliphatic rings. The van der Waals surface area contributed by atoms with E-state index in [1.807, 2.05) is 0 Å². The average molecular weight is 208 g/mol. The van der Waals surface area contributed by atoms with Crippen LogP contribution in [0.1, 0.15) is 12.0 Å². The van der Waals surface area contributed by atoms with Crippen LogP contribution in [0.4, 0.5) is 4.39 Å². The molecular weight excluding hydrogens is 199 g/mol. The van der Waals surface area contributed by atoms with Crippen LogP contribution in [0.25, 0.3) is 0 Å². The third-order valence-corrected chi connectivity index (χ3v) is 1.64. The quantitative estimate of drug-likeness (QED) is 0.752. The van der Waals surface area contributed by atoms with Gasteiger partial charge in [0.25, 0.3) is 0 Å². The lowest BCUT2D eigenvalue weighted by atomic mass is 10.2. The Bertz CT molecular complexity index is 429. The topological polar surface area (TPSA) is 46.5 Å². The van der Waals surface area contributed by atoms with E-state index in [-0.39, 0.29) is 12.0 Å². The number of carboxylic acids is 1. The van der Waals surface area contributed by atoms with Crippen molar-refractivity contribution in [3.8, 4) is 17.6 Å². The fraction of sp³-hybridized carbons (Fsp3) is 0.182. The largest absolute Gasteiger partial charge is 0.497 e. The van der Waals surface area contributed by atoms with E-state index < -0.39 is 11.8 Å². The average Bonchev–Trinajstić information content (AvgIpc) is 2.20. The number of carboxylic acid groups (broad SMARTS) is 1. The summed E-state index contributed by atoms with van der Waals surface area (Å²) >= 11 is 0. The molecule has 1 N–H and O–H groups in total. The molecule has 0 aliphatic heterocycles. The minimum atomic E-state index is -1.04. The SMILES string of the molecule is COc1ccc(F)c(C#CCC(=O)O)c1.